The van der Waals surface area contributed by atoms with Gasteiger partial charge in [-0.1, -0.05) is 63.4 Å². The molecule has 4 rings (SSSR count). The van der Waals surface area contributed by atoms with Gasteiger partial charge < -0.3 is 25.4 Å². The van der Waals surface area contributed by atoms with Gasteiger partial charge in [0.05, 0.1) is 17.4 Å². The van der Waals surface area contributed by atoms with Crippen molar-refractivity contribution in [2.75, 3.05) is 19.7 Å². The van der Waals surface area contributed by atoms with Gasteiger partial charge in [0, 0.05) is 26.2 Å². The number of benzene rings is 1. The Morgan fingerprint density at radius 2 is 1.78 bits per heavy atom. The number of carbonyl (C=O) groups excluding carboxylic acids is 3. The number of nitrogens with one attached hydrogen (secondary N) is 2. The van der Waals surface area contributed by atoms with Crippen LogP contribution >= 0.6 is 0 Å². The lowest BCUT2D eigenvalue weighted by molar-refractivity contribution is -0.147. The minimum Gasteiger partial charge on any atom is -0.396 e. The zero-order valence-corrected chi connectivity index (χ0v) is 22.3. The van der Waals surface area contributed by atoms with E-state index in [-0.39, 0.29) is 24.3 Å². The van der Waals surface area contributed by atoms with Crippen molar-refractivity contribution in [1.29, 1.82) is 0 Å². The van der Waals surface area contributed by atoms with Crippen molar-refractivity contribution in [1.82, 2.24) is 15.5 Å². The number of hydrogen-bond donors (Lipinski definition) is 3. The SMILES string of the molecule is CCCCNC(=O)C1N(CCCCCCO)C(=O)[C@@H]2[C@H](C(=O)NCc3ccccc3)[C@]3(CC)CCC12O3. The molecule has 2 bridgehead atoms. The summed E-state index contributed by atoms with van der Waals surface area (Å²) in [6, 6.07) is 9.01. The van der Waals surface area contributed by atoms with Crippen molar-refractivity contribution >= 4 is 17.7 Å². The van der Waals surface area contributed by atoms with Crippen LogP contribution in [0.25, 0.3) is 0 Å². The largest absolute Gasteiger partial charge is 0.396 e. The highest BCUT2D eigenvalue weighted by atomic mass is 16.5. The lowest BCUT2D eigenvalue weighted by Crippen LogP contribution is -2.55. The summed E-state index contributed by atoms with van der Waals surface area (Å²) in [4.78, 5) is 43.0. The van der Waals surface area contributed by atoms with Gasteiger partial charge in [-0.05, 0) is 44.1 Å². The molecule has 2 unspecified atom stereocenters. The van der Waals surface area contributed by atoms with Crippen LogP contribution in [0.5, 0.6) is 0 Å². The number of fused-ring (bicyclic) bond motifs is 1. The Labute approximate surface area is 220 Å². The molecule has 37 heavy (non-hydrogen) atoms. The first-order valence-electron chi connectivity index (χ1n) is 14.1. The van der Waals surface area contributed by atoms with E-state index in [0.717, 1.165) is 44.1 Å². The van der Waals surface area contributed by atoms with E-state index in [1.54, 1.807) is 4.90 Å². The first-order valence-corrected chi connectivity index (χ1v) is 14.1. The summed E-state index contributed by atoms with van der Waals surface area (Å²) in [5, 5.41) is 15.2. The molecule has 5 atom stereocenters. The first kappa shape index (κ1) is 27.6. The molecular formula is C29H43N3O5. The normalized spacial score (nSPS) is 30.0. The third-order valence-electron chi connectivity index (χ3n) is 8.66. The summed E-state index contributed by atoms with van der Waals surface area (Å²) in [5.41, 5.74) is -0.699. The second-order valence-corrected chi connectivity index (χ2v) is 10.9. The van der Waals surface area contributed by atoms with Crippen molar-refractivity contribution < 1.29 is 24.2 Å². The number of aliphatic hydroxyl groups excluding tert-OH is 1. The summed E-state index contributed by atoms with van der Waals surface area (Å²) in [5.74, 6) is -1.74. The van der Waals surface area contributed by atoms with E-state index < -0.39 is 29.1 Å². The van der Waals surface area contributed by atoms with Crippen LogP contribution in [0.4, 0.5) is 0 Å². The Balaban J connectivity index is 1.59. The van der Waals surface area contributed by atoms with E-state index in [2.05, 4.69) is 17.6 Å². The van der Waals surface area contributed by atoms with Gasteiger partial charge in [-0.3, -0.25) is 14.4 Å². The van der Waals surface area contributed by atoms with E-state index in [4.69, 9.17) is 9.84 Å². The fourth-order valence-corrected chi connectivity index (χ4v) is 6.78. The Morgan fingerprint density at radius 3 is 2.49 bits per heavy atom. The number of unbranched alkanes of at least 4 members (excludes halogenated alkanes) is 4. The molecule has 3 heterocycles. The van der Waals surface area contributed by atoms with Gasteiger partial charge in [0.1, 0.15) is 11.6 Å². The van der Waals surface area contributed by atoms with Crippen molar-refractivity contribution in [3.63, 3.8) is 0 Å². The molecule has 1 aromatic carbocycles. The van der Waals surface area contributed by atoms with Crippen LogP contribution in [0.1, 0.15) is 77.2 Å². The lowest BCUT2D eigenvalue weighted by atomic mass is 9.65. The van der Waals surface area contributed by atoms with Gasteiger partial charge in [0.15, 0.2) is 0 Å². The fourth-order valence-electron chi connectivity index (χ4n) is 6.78. The van der Waals surface area contributed by atoms with Crippen molar-refractivity contribution in [2.45, 2.75) is 95.4 Å². The van der Waals surface area contributed by atoms with E-state index >= 15 is 0 Å². The van der Waals surface area contributed by atoms with Crippen molar-refractivity contribution in [3.8, 4) is 0 Å². The molecule has 1 spiro atoms. The Morgan fingerprint density at radius 1 is 1.03 bits per heavy atom. The zero-order valence-electron chi connectivity index (χ0n) is 22.3. The Hall–Kier alpha value is -2.45. The second-order valence-electron chi connectivity index (χ2n) is 10.9. The molecule has 0 aliphatic carbocycles. The van der Waals surface area contributed by atoms with Crippen molar-refractivity contribution in [3.05, 3.63) is 35.9 Å². The molecule has 3 N–H and O–H groups in total. The molecule has 1 aromatic rings. The van der Waals surface area contributed by atoms with Gasteiger partial charge >= 0.3 is 0 Å². The summed E-state index contributed by atoms with van der Waals surface area (Å²) < 4.78 is 6.77. The average Bonchev–Trinajstić information content (AvgIpc) is 3.51. The van der Waals surface area contributed by atoms with Crippen LogP contribution < -0.4 is 10.6 Å². The topological polar surface area (TPSA) is 108 Å². The van der Waals surface area contributed by atoms with Crippen LogP contribution in [-0.4, -0.2) is 64.7 Å². The van der Waals surface area contributed by atoms with Gasteiger partial charge in [0.2, 0.25) is 17.7 Å². The maximum Gasteiger partial charge on any atom is 0.245 e. The minimum absolute atomic E-state index is 0.132. The van der Waals surface area contributed by atoms with Crippen LogP contribution in [0.2, 0.25) is 0 Å². The van der Waals surface area contributed by atoms with Gasteiger partial charge in [0.25, 0.3) is 0 Å². The summed E-state index contributed by atoms with van der Waals surface area (Å²) >= 11 is 0. The number of hydrogen-bond acceptors (Lipinski definition) is 5. The molecule has 3 saturated heterocycles. The molecule has 3 aliphatic heterocycles. The third-order valence-corrected chi connectivity index (χ3v) is 8.66. The van der Waals surface area contributed by atoms with E-state index in [9.17, 15) is 14.4 Å². The smallest absolute Gasteiger partial charge is 0.245 e. The highest BCUT2D eigenvalue weighted by molar-refractivity contribution is 5.99. The number of carbonyl (C=O) groups is 3. The molecule has 0 radical (unpaired) electrons. The summed E-state index contributed by atoms with van der Waals surface area (Å²) in [6.07, 6.45) is 6.94. The predicted molar refractivity (Wildman–Crippen MR) is 140 cm³/mol. The molecule has 3 fully saturated rings. The highest BCUT2D eigenvalue weighted by Gasteiger charge is 2.78. The van der Waals surface area contributed by atoms with E-state index in [1.807, 2.05) is 37.3 Å². The van der Waals surface area contributed by atoms with Crippen LogP contribution in [0.3, 0.4) is 0 Å². The molecular weight excluding hydrogens is 470 g/mol. The lowest BCUT2D eigenvalue weighted by Gasteiger charge is -2.34. The number of amides is 3. The number of aliphatic hydroxyl groups is 1. The minimum atomic E-state index is -0.969. The quantitative estimate of drug-likeness (QED) is 0.332. The van der Waals surface area contributed by atoms with E-state index in [1.165, 1.54) is 0 Å². The molecule has 8 nitrogen and oxygen atoms in total. The molecule has 204 valence electrons. The standard InChI is InChI=1S/C29H43N3O5/c1-3-5-17-30-26(35)24-29-16-15-28(4-2,37-29)22(25(34)31-20-21-13-9-8-10-14-21)23(29)27(36)32(24)18-11-6-7-12-19-33/h8-10,13-14,22-24,33H,3-7,11-12,15-20H2,1-2H3,(H,30,35)(H,31,34)/t22-,23+,24?,28+,29?/m1/s1. The maximum absolute atomic E-state index is 14.0. The monoisotopic (exact) mass is 513 g/mol. The summed E-state index contributed by atoms with van der Waals surface area (Å²) in [7, 11) is 0. The van der Waals surface area contributed by atoms with Gasteiger partial charge in [-0.2, -0.15) is 0 Å². The van der Waals surface area contributed by atoms with Crippen LogP contribution in [-0.2, 0) is 25.7 Å². The summed E-state index contributed by atoms with van der Waals surface area (Å²) in [6.45, 7) is 5.64. The predicted octanol–water partition coefficient (Wildman–Crippen LogP) is 2.93. The van der Waals surface area contributed by atoms with Crippen LogP contribution in [0.15, 0.2) is 30.3 Å². The highest BCUT2D eigenvalue weighted by Crippen LogP contribution is 2.64. The fraction of sp³-hybridized carbons (Fsp3) is 0.690. The first-order chi connectivity index (χ1) is 17.9. The number of rotatable bonds is 14. The van der Waals surface area contributed by atoms with Crippen LogP contribution in [0, 0.1) is 11.8 Å². The Bertz CT molecular complexity index is 956. The molecule has 3 aliphatic rings. The molecule has 3 amide bonds. The number of ether oxygens (including phenoxy) is 1. The van der Waals surface area contributed by atoms with E-state index in [0.29, 0.717) is 38.9 Å². The number of nitrogens with zero attached hydrogens (tertiary/aromatic N) is 1. The molecule has 8 heteroatoms. The molecule has 0 aromatic heterocycles. The van der Waals surface area contributed by atoms with Gasteiger partial charge in [-0.25, -0.2) is 0 Å². The Kier molecular flexibility index (Phi) is 8.90. The van der Waals surface area contributed by atoms with Gasteiger partial charge in [-0.15, -0.1) is 0 Å². The second kappa shape index (κ2) is 11.9. The molecule has 0 saturated carbocycles. The maximum atomic E-state index is 14.0. The number of likely N-dealkylation sites (tertiary alicyclic amines) is 1. The average molecular weight is 514 g/mol. The zero-order chi connectivity index (χ0) is 26.5. The van der Waals surface area contributed by atoms with Crippen molar-refractivity contribution in [2.24, 2.45) is 11.8 Å². The third kappa shape index (κ3) is 5.15.